The van der Waals surface area contributed by atoms with Gasteiger partial charge in [-0.2, -0.15) is 5.10 Å². The molecule has 1 aromatic heterocycles. The topological polar surface area (TPSA) is 46.9 Å². The van der Waals surface area contributed by atoms with Crippen LogP contribution in [0.25, 0.3) is 22.2 Å². The second kappa shape index (κ2) is 7.78. The first-order valence-corrected chi connectivity index (χ1v) is 10.4. The number of fused-ring (bicyclic) bond motifs is 1. The molecule has 0 bridgehead atoms. The molecule has 0 saturated carbocycles. The van der Waals surface area contributed by atoms with Crippen LogP contribution in [0, 0.1) is 0 Å². The molecule has 4 nitrogen and oxygen atoms in total. The standard InChI is InChI=1S/C24H21Cl2N3O/c1-24(2,3)29-20-11-7-10-19(21(20)22(28-29)15-8-5-4-6-9-15)27-23(30)16-12-13-17(25)18(26)14-16/h4-14H,1-3H3,(H,27,30). The van der Waals surface area contributed by atoms with Gasteiger partial charge in [0.15, 0.2) is 0 Å². The van der Waals surface area contributed by atoms with E-state index in [1.54, 1.807) is 18.2 Å². The molecule has 4 rings (SSSR count). The number of carbonyl (C=O) groups excluding carboxylic acids is 1. The zero-order valence-electron chi connectivity index (χ0n) is 16.9. The lowest BCUT2D eigenvalue weighted by atomic mass is 10.0. The summed E-state index contributed by atoms with van der Waals surface area (Å²) in [4.78, 5) is 12.9. The summed E-state index contributed by atoms with van der Waals surface area (Å²) in [6, 6.07) is 20.6. The molecular weight excluding hydrogens is 417 g/mol. The summed E-state index contributed by atoms with van der Waals surface area (Å²) in [5.74, 6) is -0.261. The molecule has 152 valence electrons. The second-order valence-electron chi connectivity index (χ2n) is 8.08. The van der Waals surface area contributed by atoms with Gasteiger partial charge in [0.2, 0.25) is 0 Å². The summed E-state index contributed by atoms with van der Waals surface area (Å²) in [6.07, 6.45) is 0. The summed E-state index contributed by atoms with van der Waals surface area (Å²) in [7, 11) is 0. The minimum absolute atomic E-state index is 0.225. The highest BCUT2D eigenvalue weighted by Gasteiger charge is 2.23. The Morgan fingerprint density at radius 3 is 2.33 bits per heavy atom. The van der Waals surface area contributed by atoms with Crippen molar-refractivity contribution in [3.8, 4) is 11.3 Å². The minimum atomic E-state index is -0.261. The molecule has 0 spiro atoms. The Morgan fingerprint density at radius 2 is 1.67 bits per heavy atom. The van der Waals surface area contributed by atoms with Crippen molar-refractivity contribution in [1.29, 1.82) is 0 Å². The molecule has 1 heterocycles. The van der Waals surface area contributed by atoms with Crippen molar-refractivity contribution in [2.24, 2.45) is 0 Å². The van der Waals surface area contributed by atoms with Gasteiger partial charge in [0.05, 0.1) is 32.2 Å². The highest BCUT2D eigenvalue weighted by Crippen LogP contribution is 2.36. The van der Waals surface area contributed by atoms with Crippen LogP contribution in [-0.2, 0) is 5.54 Å². The average Bonchev–Trinajstić information content (AvgIpc) is 3.12. The van der Waals surface area contributed by atoms with E-state index in [0.717, 1.165) is 22.2 Å². The highest BCUT2D eigenvalue weighted by molar-refractivity contribution is 6.42. The molecular formula is C24H21Cl2N3O. The Labute approximate surface area is 185 Å². The number of benzene rings is 3. The quantitative estimate of drug-likeness (QED) is 0.374. The maximum absolute atomic E-state index is 12.9. The normalized spacial score (nSPS) is 11.6. The van der Waals surface area contributed by atoms with Gasteiger partial charge in [-0.1, -0.05) is 59.6 Å². The first-order valence-electron chi connectivity index (χ1n) is 9.60. The number of hydrogen-bond acceptors (Lipinski definition) is 2. The molecule has 0 aliphatic heterocycles. The smallest absolute Gasteiger partial charge is 0.255 e. The number of rotatable bonds is 3. The molecule has 1 amide bonds. The number of halogens is 2. The lowest BCUT2D eigenvalue weighted by molar-refractivity contribution is 0.102. The van der Waals surface area contributed by atoms with E-state index in [-0.39, 0.29) is 11.4 Å². The van der Waals surface area contributed by atoms with Crippen LogP contribution in [0.1, 0.15) is 31.1 Å². The van der Waals surface area contributed by atoms with Crippen molar-refractivity contribution in [1.82, 2.24) is 9.78 Å². The van der Waals surface area contributed by atoms with E-state index in [9.17, 15) is 4.79 Å². The number of nitrogens with zero attached hydrogens (tertiary/aromatic N) is 2. The predicted octanol–water partition coefficient (Wildman–Crippen LogP) is 7.02. The van der Waals surface area contributed by atoms with Crippen LogP contribution in [0.4, 0.5) is 5.69 Å². The fourth-order valence-electron chi connectivity index (χ4n) is 3.41. The SMILES string of the molecule is CC(C)(C)n1nc(-c2ccccc2)c2c(NC(=O)c3ccc(Cl)c(Cl)c3)cccc21. The largest absolute Gasteiger partial charge is 0.321 e. The van der Waals surface area contributed by atoms with Crippen molar-refractivity contribution < 1.29 is 4.79 Å². The lowest BCUT2D eigenvalue weighted by Gasteiger charge is -2.20. The lowest BCUT2D eigenvalue weighted by Crippen LogP contribution is -2.23. The maximum Gasteiger partial charge on any atom is 0.255 e. The van der Waals surface area contributed by atoms with E-state index in [1.807, 2.05) is 53.2 Å². The van der Waals surface area contributed by atoms with E-state index in [2.05, 4.69) is 26.1 Å². The van der Waals surface area contributed by atoms with Gasteiger partial charge in [-0.15, -0.1) is 0 Å². The summed E-state index contributed by atoms with van der Waals surface area (Å²) in [5, 5.41) is 9.60. The van der Waals surface area contributed by atoms with E-state index >= 15 is 0 Å². The number of amides is 1. The van der Waals surface area contributed by atoms with Crippen LogP contribution >= 0.6 is 23.2 Å². The van der Waals surface area contributed by atoms with Gasteiger partial charge in [0.25, 0.3) is 5.91 Å². The molecule has 0 aliphatic carbocycles. The Balaban J connectivity index is 1.87. The minimum Gasteiger partial charge on any atom is -0.321 e. The van der Waals surface area contributed by atoms with E-state index < -0.39 is 0 Å². The van der Waals surface area contributed by atoms with E-state index in [4.69, 9.17) is 28.3 Å². The van der Waals surface area contributed by atoms with E-state index in [0.29, 0.717) is 21.3 Å². The summed E-state index contributed by atoms with van der Waals surface area (Å²) in [5.41, 5.74) is 3.67. The molecule has 6 heteroatoms. The van der Waals surface area contributed by atoms with Crippen molar-refractivity contribution in [3.05, 3.63) is 82.3 Å². The number of carbonyl (C=O) groups is 1. The molecule has 1 N–H and O–H groups in total. The zero-order valence-corrected chi connectivity index (χ0v) is 18.4. The third-order valence-corrected chi connectivity index (χ3v) is 5.56. The van der Waals surface area contributed by atoms with Crippen LogP contribution in [0.2, 0.25) is 10.0 Å². The van der Waals surface area contributed by atoms with Gasteiger partial charge in [-0.05, 0) is 51.1 Å². The van der Waals surface area contributed by atoms with Gasteiger partial charge in [-0.3, -0.25) is 9.48 Å². The molecule has 0 aliphatic rings. The number of nitrogens with one attached hydrogen (secondary N) is 1. The van der Waals surface area contributed by atoms with Gasteiger partial charge in [0, 0.05) is 11.1 Å². The van der Waals surface area contributed by atoms with E-state index in [1.165, 1.54) is 0 Å². The summed E-state index contributed by atoms with van der Waals surface area (Å²) < 4.78 is 2.00. The third kappa shape index (κ3) is 3.81. The number of aromatic nitrogens is 2. The summed E-state index contributed by atoms with van der Waals surface area (Å²) >= 11 is 12.1. The van der Waals surface area contributed by atoms with Crippen LogP contribution < -0.4 is 5.32 Å². The fourth-order valence-corrected chi connectivity index (χ4v) is 3.71. The van der Waals surface area contributed by atoms with Gasteiger partial charge in [-0.25, -0.2) is 0 Å². The Kier molecular flexibility index (Phi) is 5.31. The average molecular weight is 438 g/mol. The van der Waals surface area contributed by atoms with Crippen LogP contribution in [0.5, 0.6) is 0 Å². The molecule has 0 fully saturated rings. The summed E-state index contributed by atoms with van der Waals surface area (Å²) in [6.45, 7) is 6.32. The van der Waals surface area contributed by atoms with Gasteiger partial charge in [0.1, 0.15) is 5.69 Å². The van der Waals surface area contributed by atoms with Crippen molar-refractivity contribution in [3.63, 3.8) is 0 Å². The Morgan fingerprint density at radius 1 is 0.933 bits per heavy atom. The fraction of sp³-hybridized carbons (Fsp3) is 0.167. The Hall–Kier alpha value is -2.82. The molecule has 0 unspecified atom stereocenters. The molecule has 0 atom stereocenters. The van der Waals surface area contributed by atoms with Gasteiger partial charge >= 0.3 is 0 Å². The van der Waals surface area contributed by atoms with Crippen LogP contribution in [0.3, 0.4) is 0 Å². The maximum atomic E-state index is 12.9. The van der Waals surface area contributed by atoms with Crippen molar-refractivity contribution >= 4 is 45.7 Å². The van der Waals surface area contributed by atoms with Gasteiger partial charge < -0.3 is 5.32 Å². The van der Waals surface area contributed by atoms with Crippen molar-refractivity contribution in [2.75, 3.05) is 5.32 Å². The Bertz CT molecular complexity index is 1240. The molecule has 0 radical (unpaired) electrons. The second-order valence-corrected chi connectivity index (χ2v) is 8.89. The first-order chi connectivity index (χ1) is 14.3. The number of hydrogen-bond donors (Lipinski definition) is 1. The van der Waals surface area contributed by atoms with Crippen molar-refractivity contribution in [2.45, 2.75) is 26.3 Å². The molecule has 30 heavy (non-hydrogen) atoms. The molecule has 4 aromatic rings. The van der Waals surface area contributed by atoms with Crippen LogP contribution in [0.15, 0.2) is 66.7 Å². The zero-order chi connectivity index (χ0) is 21.5. The third-order valence-electron chi connectivity index (χ3n) is 4.82. The van der Waals surface area contributed by atoms with Crippen LogP contribution in [-0.4, -0.2) is 15.7 Å². The highest BCUT2D eigenvalue weighted by atomic mass is 35.5. The first kappa shape index (κ1) is 20.5. The molecule has 3 aromatic carbocycles. The molecule has 0 saturated heterocycles. The predicted molar refractivity (Wildman–Crippen MR) is 125 cm³/mol. The number of anilines is 1. The monoisotopic (exact) mass is 437 g/mol.